The molecule has 0 aliphatic rings. The molecule has 0 heterocycles. The van der Waals surface area contributed by atoms with Crippen LogP contribution in [0.4, 0.5) is 0 Å². The summed E-state index contributed by atoms with van der Waals surface area (Å²) in [5.74, 6) is 0. The Kier molecular flexibility index (Phi) is 6.29. The molecule has 80 valence electrons. The molecule has 0 unspecified atom stereocenters. The molecule has 0 aromatic carbocycles. The minimum atomic E-state index is -0.581. The zero-order chi connectivity index (χ0) is 10.3. The van der Waals surface area contributed by atoms with Crippen molar-refractivity contribution in [2.75, 3.05) is 32.7 Å². The molecule has 0 saturated heterocycles. The molecule has 0 bridgehead atoms. The zero-order valence-electron chi connectivity index (χ0n) is 9.43. The Labute approximate surface area is 82.1 Å². The van der Waals surface area contributed by atoms with Crippen molar-refractivity contribution in [1.29, 1.82) is 0 Å². The average Bonchev–Trinajstić information content (AvgIpc) is 2.01. The smallest absolute Gasteiger partial charge is 0.0718 e. The lowest BCUT2D eigenvalue weighted by atomic mass is 10.1. The summed E-state index contributed by atoms with van der Waals surface area (Å²) in [6, 6.07) is 0. The van der Waals surface area contributed by atoms with E-state index in [0.717, 1.165) is 32.7 Å². The van der Waals surface area contributed by atoms with Gasteiger partial charge in [-0.25, -0.2) is 0 Å². The molecule has 3 heteroatoms. The number of aliphatic hydroxyl groups is 1. The van der Waals surface area contributed by atoms with Crippen molar-refractivity contribution in [2.45, 2.75) is 33.3 Å². The first-order valence-corrected chi connectivity index (χ1v) is 5.15. The molecule has 0 saturated carbocycles. The minimum Gasteiger partial charge on any atom is -0.389 e. The van der Waals surface area contributed by atoms with Gasteiger partial charge in [-0.1, -0.05) is 13.8 Å². The molecular weight excluding hydrogens is 164 g/mol. The number of rotatable bonds is 7. The van der Waals surface area contributed by atoms with Gasteiger partial charge >= 0.3 is 0 Å². The van der Waals surface area contributed by atoms with Crippen molar-refractivity contribution in [3.63, 3.8) is 0 Å². The molecule has 0 radical (unpaired) electrons. The molecule has 0 rings (SSSR count). The van der Waals surface area contributed by atoms with Crippen molar-refractivity contribution < 1.29 is 5.11 Å². The Hall–Kier alpha value is -0.120. The number of hydrogen-bond donors (Lipinski definition) is 2. The Bertz CT molecular complexity index is 121. The standard InChI is InChI=1S/C10H24N2O/c1-5-11-7-8-12(6-2)9-10(3,4)13/h11,13H,5-9H2,1-4H3. The number of likely N-dealkylation sites (N-methyl/N-ethyl adjacent to an activating group) is 2. The predicted molar refractivity (Wildman–Crippen MR) is 57.0 cm³/mol. The average molecular weight is 188 g/mol. The van der Waals surface area contributed by atoms with Gasteiger partial charge in [-0.2, -0.15) is 0 Å². The molecule has 0 aromatic rings. The second kappa shape index (κ2) is 6.35. The van der Waals surface area contributed by atoms with Gasteiger partial charge in [0.25, 0.3) is 0 Å². The van der Waals surface area contributed by atoms with Crippen LogP contribution in [0.25, 0.3) is 0 Å². The van der Waals surface area contributed by atoms with Crippen molar-refractivity contribution >= 4 is 0 Å². The van der Waals surface area contributed by atoms with E-state index in [1.807, 2.05) is 13.8 Å². The van der Waals surface area contributed by atoms with E-state index < -0.39 is 5.60 Å². The lowest BCUT2D eigenvalue weighted by Gasteiger charge is -2.27. The molecule has 3 nitrogen and oxygen atoms in total. The van der Waals surface area contributed by atoms with Gasteiger partial charge in [-0.05, 0) is 26.9 Å². The predicted octanol–water partition coefficient (Wildman–Crippen LogP) is 0.689. The molecule has 0 atom stereocenters. The maximum Gasteiger partial charge on any atom is 0.0718 e. The number of hydrogen-bond acceptors (Lipinski definition) is 3. The van der Waals surface area contributed by atoms with Gasteiger partial charge in [0, 0.05) is 19.6 Å². The summed E-state index contributed by atoms with van der Waals surface area (Å²) in [5, 5.41) is 12.9. The van der Waals surface area contributed by atoms with E-state index in [2.05, 4.69) is 24.1 Å². The highest BCUT2D eigenvalue weighted by Crippen LogP contribution is 2.03. The normalized spacial score (nSPS) is 12.5. The van der Waals surface area contributed by atoms with Crippen molar-refractivity contribution in [2.24, 2.45) is 0 Å². The third-order valence-electron chi connectivity index (χ3n) is 1.91. The van der Waals surface area contributed by atoms with Crippen LogP contribution in [0.15, 0.2) is 0 Å². The van der Waals surface area contributed by atoms with Crippen LogP contribution < -0.4 is 5.32 Å². The van der Waals surface area contributed by atoms with Gasteiger partial charge in [0.2, 0.25) is 0 Å². The Morgan fingerprint density at radius 2 is 1.92 bits per heavy atom. The van der Waals surface area contributed by atoms with E-state index in [0.29, 0.717) is 0 Å². The van der Waals surface area contributed by atoms with Gasteiger partial charge in [-0.3, -0.25) is 4.90 Å². The summed E-state index contributed by atoms with van der Waals surface area (Å²) in [5.41, 5.74) is -0.581. The molecular formula is C10H24N2O. The van der Waals surface area contributed by atoms with Gasteiger partial charge in [0.15, 0.2) is 0 Å². The maximum atomic E-state index is 9.61. The van der Waals surface area contributed by atoms with E-state index in [9.17, 15) is 5.11 Å². The van der Waals surface area contributed by atoms with Crippen molar-refractivity contribution in [3.8, 4) is 0 Å². The first-order valence-electron chi connectivity index (χ1n) is 5.15. The molecule has 0 spiro atoms. The Morgan fingerprint density at radius 3 is 2.31 bits per heavy atom. The SMILES string of the molecule is CCNCCN(CC)CC(C)(C)O. The summed E-state index contributed by atoms with van der Waals surface area (Å²) in [6.45, 7) is 12.7. The molecule has 0 fully saturated rings. The van der Waals surface area contributed by atoms with Gasteiger partial charge < -0.3 is 10.4 Å². The van der Waals surface area contributed by atoms with Crippen LogP contribution in [0, 0.1) is 0 Å². The van der Waals surface area contributed by atoms with Crippen LogP contribution in [0.3, 0.4) is 0 Å². The van der Waals surface area contributed by atoms with Crippen molar-refractivity contribution in [3.05, 3.63) is 0 Å². The van der Waals surface area contributed by atoms with Crippen LogP contribution >= 0.6 is 0 Å². The highest BCUT2D eigenvalue weighted by atomic mass is 16.3. The number of nitrogens with one attached hydrogen (secondary N) is 1. The first-order chi connectivity index (χ1) is 5.99. The van der Waals surface area contributed by atoms with Crippen LogP contribution in [-0.2, 0) is 0 Å². The third-order valence-corrected chi connectivity index (χ3v) is 1.91. The Balaban J connectivity index is 3.63. The van der Waals surface area contributed by atoms with E-state index in [1.165, 1.54) is 0 Å². The summed E-state index contributed by atoms with van der Waals surface area (Å²) >= 11 is 0. The van der Waals surface area contributed by atoms with E-state index in [1.54, 1.807) is 0 Å². The fourth-order valence-electron chi connectivity index (χ4n) is 1.31. The maximum absolute atomic E-state index is 9.61. The van der Waals surface area contributed by atoms with Crippen LogP contribution in [0.5, 0.6) is 0 Å². The second-order valence-corrected chi connectivity index (χ2v) is 4.03. The number of nitrogens with zero attached hydrogens (tertiary/aromatic N) is 1. The Morgan fingerprint density at radius 1 is 1.31 bits per heavy atom. The van der Waals surface area contributed by atoms with Gasteiger partial charge in [0.05, 0.1) is 5.60 Å². The molecule has 0 aliphatic heterocycles. The summed E-state index contributed by atoms with van der Waals surface area (Å²) in [7, 11) is 0. The largest absolute Gasteiger partial charge is 0.389 e. The topological polar surface area (TPSA) is 35.5 Å². The quantitative estimate of drug-likeness (QED) is 0.577. The van der Waals surface area contributed by atoms with E-state index >= 15 is 0 Å². The second-order valence-electron chi connectivity index (χ2n) is 4.03. The van der Waals surface area contributed by atoms with Crippen LogP contribution in [-0.4, -0.2) is 48.3 Å². The minimum absolute atomic E-state index is 0.581. The van der Waals surface area contributed by atoms with Crippen molar-refractivity contribution in [1.82, 2.24) is 10.2 Å². The molecule has 13 heavy (non-hydrogen) atoms. The zero-order valence-corrected chi connectivity index (χ0v) is 9.43. The molecule has 2 N–H and O–H groups in total. The monoisotopic (exact) mass is 188 g/mol. The summed E-state index contributed by atoms with van der Waals surface area (Å²) < 4.78 is 0. The third kappa shape index (κ3) is 8.22. The highest BCUT2D eigenvalue weighted by molar-refractivity contribution is 4.71. The lowest BCUT2D eigenvalue weighted by molar-refractivity contribution is 0.0383. The molecule has 0 aromatic heterocycles. The summed E-state index contributed by atoms with van der Waals surface area (Å²) in [4.78, 5) is 2.25. The van der Waals surface area contributed by atoms with E-state index in [4.69, 9.17) is 0 Å². The van der Waals surface area contributed by atoms with E-state index in [-0.39, 0.29) is 0 Å². The van der Waals surface area contributed by atoms with Gasteiger partial charge in [0.1, 0.15) is 0 Å². The van der Waals surface area contributed by atoms with Crippen LogP contribution in [0.2, 0.25) is 0 Å². The highest BCUT2D eigenvalue weighted by Gasteiger charge is 2.16. The fourth-order valence-corrected chi connectivity index (χ4v) is 1.31. The van der Waals surface area contributed by atoms with Crippen LogP contribution in [0.1, 0.15) is 27.7 Å². The lowest BCUT2D eigenvalue weighted by Crippen LogP contribution is -2.41. The molecule has 0 aliphatic carbocycles. The fraction of sp³-hybridized carbons (Fsp3) is 1.00. The summed E-state index contributed by atoms with van der Waals surface area (Å²) in [6.07, 6.45) is 0. The molecule has 0 amide bonds. The first kappa shape index (κ1) is 12.9. The van der Waals surface area contributed by atoms with Gasteiger partial charge in [-0.15, -0.1) is 0 Å².